The van der Waals surface area contributed by atoms with Crippen LogP contribution in [-0.4, -0.2) is 9.97 Å². The van der Waals surface area contributed by atoms with Gasteiger partial charge in [0.25, 0.3) is 0 Å². The minimum absolute atomic E-state index is 0.945. The number of fused-ring (bicyclic) bond motifs is 6. The van der Waals surface area contributed by atoms with E-state index < -0.39 is 0 Å². The van der Waals surface area contributed by atoms with Crippen molar-refractivity contribution in [1.82, 2.24) is 9.97 Å². The quantitative estimate of drug-likeness (QED) is 0.152. The van der Waals surface area contributed by atoms with Crippen LogP contribution in [0.4, 0.5) is 17.1 Å². The van der Waals surface area contributed by atoms with Crippen molar-refractivity contribution >= 4 is 60.4 Å². The van der Waals surface area contributed by atoms with Crippen LogP contribution in [0.3, 0.4) is 0 Å². The molecule has 0 aliphatic carbocycles. The van der Waals surface area contributed by atoms with E-state index in [1.54, 1.807) is 0 Å². The van der Waals surface area contributed by atoms with Crippen molar-refractivity contribution in [3.8, 4) is 44.8 Å². The van der Waals surface area contributed by atoms with Crippen LogP contribution in [0.5, 0.6) is 0 Å². The van der Waals surface area contributed by atoms with Gasteiger partial charge in [0.1, 0.15) is 0 Å². The lowest BCUT2D eigenvalue weighted by atomic mass is 9.93. The van der Waals surface area contributed by atoms with Gasteiger partial charge in [0, 0.05) is 49.7 Å². The van der Waals surface area contributed by atoms with Gasteiger partial charge in [-0.1, -0.05) is 164 Å². The maximum Gasteiger partial charge on any atom is 0.0788 e. The molecule has 0 saturated carbocycles. The van der Waals surface area contributed by atoms with Gasteiger partial charge in [-0.05, 0) is 93.7 Å². The number of pyridine rings is 2. The Bertz CT molecular complexity index is 3250. The summed E-state index contributed by atoms with van der Waals surface area (Å²) < 4.78 is 0. The Morgan fingerprint density at radius 2 is 0.814 bits per heavy atom. The first kappa shape index (κ1) is 34.4. The molecule has 0 aliphatic rings. The van der Waals surface area contributed by atoms with Crippen LogP contribution < -0.4 is 4.90 Å². The molecule has 0 amide bonds. The number of anilines is 3. The average Bonchev–Trinajstić information content (AvgIpc) is 3.32. The van der Waals surface area contributed by atoms with E-state index in [0.29, 0.717) is 0 Å². The summed E-state index contributed by atoms with van der Waals surface area (Å²) in [6.45, 7) is 0. The molecule has 3 nitrogen and oxygen atoms in total. The Labute approximate surface area is 343 Å². The standard InChI is InChI=1S/C56H37N3/c1-4-14-38(15-5-1)39-24-26-40(27-25-39)50-37-54(57-52-22-12-10-20-47(50)52)43-29-28-41-32-35-49-55(51(41)36-43)48-21-11-13-23-53(48)58-56(49)42-30-33-46(34-31-42)59(44-16-6-2-7-17-44)45-18-8-3-9-19-45/h1-37H. The zero-order valence-corrected chi connectivity index (χ0v) is 32.2. The fourth-order valence-electron chi connectivity index (χ4n) is 8.55. The van der Waals surface area contributed by atoms with Crippen molar-refractivity contribution in [1.29, 1.82) is 0 Å². The molecule has 276 valence electrons. The molecule has 0 bridgehead atoms. The maximum absolute atomic E-state index is 5.33. The Morgan fingerprint density at radius 3 is 1.51 bits per heavy atom. The van der Waals surface area contributed by atoms with E-state index in [4.69, 9.17) is 9.97 Å². The number of aromatic nitrogens is 2. The normalized spacial score (nSPS) is 11.4. The van der Waals surface area contributed by atoms with Gasteiger partial charge < -0.3 is 4.90 Å². The highest BCUT2D eigenvalue weighted by molar-refractivity contribution is 6.23. The van der Waals surface area contributed by atoms with Crippen LogP contribution in [0.25, 0.3) is 88.1 Å². The van der Waals surface area contributed by atoms with Crippen LogP contribution in [0.15, 0.2) is 224 Å². The fraction of sp³-hybridized carbons (Fsp3) is 0. The van der Waals surface area contributed by atoms with E-state index in [1.807, 2.05) is 0 Å². The zero-order chi connectivity index (χ0) is 39.1. The molecule has 59 heavy (non-hydrogen) atoms. The molecule has 11 aromatic rings. The summed E-state index contributed by atoms with van der Waals surface area (Å²) in [5.74, 6) is 0. The summed E-state index contributed by atoms with van der Waals surface area (Å²) in [7, 11) is 0. The summed E-state index contributed by atoms with van der Waals surface area (Å²) in [6, 6.07) is 79.8. The largest absolute Gasteiger partial charge is 0.311 e. The number of nitrogens with zero attached hydrogens (tertiary/aromatic N) is 3. The Kier molecular flexibility index (Phi) is 8.49. The van der Waals surface area contributed by atoms with Crippen molar-refractivity contribution in [2.75, 3.05) is 4.90 Å². The Hall–Kier alpha value is -7.88. The lowest BCUT2D eigenvalue weighted by Gasteiger charge is -2.25. The van der Waals surface area contributed by atoms with Gasteiger partial charge in [0.2, 0.25) is 0 Å². The molecule has 0 unspecified atom stereocenters. The van der Waals surface area contributed by atoms with Gasteiger partial charge in [-0.25, -0.2) is 9.97 Å². The molecule has 0 fully saturated rings. The predicted octanol–water partition coefficient (Wildman–Crippen LogP) is 15.2. The Balaban J connectivity index is 1.05. The summed E-state index contributed by atoms with van der Waals surface area (Å²) in [4.78, 5) is 12.9. The minimum atomic E-state index is 0.945. The second kappa shape index (κ2) is 14.6. The molecular formula is C56H37N3. The molecule has 11 rings (SSSR count). The molecule has 0 saturated heterocycles. The predicted molar refractivity (Wildman–Crippen MR) is 248 cm³/mol. The van der Waals surface area contributed by atoms with Gasteiger partial charge in [0.15, 0.2) is 0 Å². The molecule has 0 N–H and O–H groups in total. The first-order valence-electron chi connectivity index (χ1n) is 20.1. The molecule has 0 spiro atoms. The fourth-order valence-corrected chi connectivity index (χ4v) is 8.55. The van der Waals surface area contributed by atoms with E-state index in [-0.39, 0.29) is 0 Å². The number of hydrogen-bond acceptors (Lipinski definition) is 3. The van der Waals surface area contributed by atoms with Gasteiger partial charge in [-0.3, -0.25) is 0 Å². The lowest BCUT2D eigenvalue weighted by Crippen LogP contribution is -2.09. The van der Waals surface area contributed by atoms with Crippen molar-refractivity contribution in [3.63, 3.8) is 0 Å². The van der Waals surface area contributed by atoms with E-state index >= 15 is 0 Å². The van der Waals surface area contributed by atoms with E-state index in [9.17, 15) is 0 Å². The molecule has 0 aliphatic heterocycles. The molecule has 3 heteroatoms. The average molecular weight is 752 g/mol. The maximum atomic E-state index is 5.33. The first-order chi connectivity index (χ1) is 29.2. The van der Waals surface area contributed by atoms with Gasteiger partial charge in [-0.15, -0.1) is 0 Å². The second-order valence-corrected chi connectivity index (χ2v) is 15.0. The van der Waals surface area contributed by atoms with Crippen LogP contribution >= 0.6 is 0 Å². The number of benzene rings is 9. The minimum Gasteiger partial charge on any atom is -0.311 e. The molecule has 0 radical (unpaired) electrons. The molecule has 2 heterocycles. The molecule has 9 aromatic carbocycles. The van der Waals surface area contributed by atoms with Gasteiger partial charge >= 0.3 is 0 Å². The number of hydrogen-bond donors (Lipinski definition) is 0. The molecule has 0 atom stereocenters. The van der Waals surface area contributed by atoms with Crippen molar-refractivity contribution in [2.45, 2.75) is 0 Å². The van der Waals surface area contributed by atoms with Crippen LogP contribution in [0.1, 0.15) is 0 Å². The zero-order valence-electron chi connectivity index (χ0n) is 32.2. The van der Waals surface area contributed by atoms with Gasteiger partial charge in [-0.2, -0.15) is 0 Å². The summed E-state index contributed by atoms with van der Waals surface area (Å²) in [5.41, 5.74) is 14.0. The third kappa shape index (κ3) is 6.26. The first-order valence-corrected chi connectivity index (χ1v) is 20.1. The third-order valence-electron chi connectivity index (χ3n) is 11.4. The van der Waals surface area contributed by atoms with Crippen molar-refractivity contribution < 1.29 is 0 Å². The van der Waals surface area contributed by atoms with E-state index in [0.717, 1.165) is 66.8 Å². The third-order valence-corrected chi connectivity index (χ3v) is 11.4. The van der Waals surface area contributed by atoms with Crippen LogP contribution in [-0.2, 0) is 0 Å². The van der Waals surface area contributed by atoms with Crippen molar-refractivity contribution in [2.24, 2.45) is 0 Å². The van der Waals surface area contributed by atoms with Crippen molar-refractivity contribution in [3.05, 3.63) is 224 Å². The second-order valence-electron chi connectivity index (χ2n) is 15.0. The Morgan fingerprint density at radius 1 is 0.305 bits per heavy atom. The topological polar surface area (TPSA) is 29.0 Å². The monoisotopic (exact) mass is 751 g/mol. The summed E-state index contributed by atoms with van der Waals surface area (Å²) >= 11 is 0. The van der Waals surface area contributed by atoms with Crippen LogP contribution in [0.2, 0.25) is 0 Å². The number of rotatable bonds is 7. The van der Waals surface area contributed by atoms with Crippen LogP contribution in [0, 0.1) is 0 Å². The lowest BCUT2D eigenvalue weighted by molar-refractivity contribution is 1.28. The number of para-hydroxylation sites is 4. The van der Waals surface area contributed by atoms with E-state index in [1.165, 1.54) is 38.4 Å². The van der Waals surface area contributed by atoms with E-state index in [2.05, 4.69) is 229 Å². The highest BCUT2D eigenvalue weighted by Gasteiger charge is 2.17. The SMILES string of the molecule is c1ccc(-c2ccc(-c3cc(-c4ccc5ccc6c(-c7ccc(N(c8ccccc8)c8ccccc8)cc7)nc7ccccc7c6c5c4)nc4ccccc34)cc2)cc1. The molecule has 2 aromatic heterocycles. The summed E-state index contributed by atoms with van der Waals surface area (Å²) in [6.07, 6.45) is 0. The smallest absolute Gasteiger partial charge is 0.0788 e. The summed E-state index contributed by atoms with van der Waals surface area (Å²) in [5, 5.41) is 6.95. The molecular weight excluding hydrogens is 715 g/mol. The highest BCUT2D eigenvalue weighted by atomic mass is 15.1. The highest BCUT2D eigenvalue weighted by Crippen LogP contribution is 2.41. The van der Waals surface area contributed by atoms with Gasteiger partial charge in [0.05, 0.1) is 22.4 Å².